The number of hydrogen-bond donors (Lipinski definition) is 2. The van der Waals surface area contributed by atoms with E-state index in [9.17, 15) is 13.5 Å². The van der Waals surface area contributed by atoms with Crippen LogP contribution in [0.15, 0.2) is 12.1 Å². The van der Waals surface area contributed by atoms with E-state index in [2.05, 4.69) is 4.72 Å². The Balaban J connectivity index is 3.06. The van der Waals surface area contributed by atoms with E-state index in [1.165, 1.54) is 23.5 Å². The molecule has 1 aromatic carbocycles. The van der Waals surface area contributed by atoms with Gasteiger partial charge in [-0.05, 0) is 26.0 Å². The quantitative estimate of drug-likeness (QED) is 0.840. The average molecular weight is 313 g/mol. The van der Waals surface area contributed by atoms with Crippen molar-refractivity contribution in [3.8, 4) is 5.75 Å². The third-order valence-corrected chi connectivity index (χ3v) is 4.62. The maximum Gasteiger partial charge on any atom is 0.301 e. The second-order valence-corrected chi connectivity index (χ2v) is 6.55. The zero-order valence-corrected chi connectivity index (χ0v) is 12.4. The molecule has 1 aromatic rings. The summed E-state index contributed by atoms with van der Waals surface area (Å²) in [6, 6.07) is 2.38. The van der Waals surface area contributed by atoms with Crippen molar-refractivity contribution in [1.29, 1.82) is 0 Å². The van der Waals surface area contributed by atoms with Gasteiger partial charge >= 0.3 is 10.2 Å². The SMILES string of the molecule is CC(C)N(C)S(=O)(=O)Nc1cc(Cl)c(O)c(Cl)c1. The Morgan fingerprint density at radius 3 is 2.11 bits per heavy atom. The van der Waals surface area contributed by atoms with Gasteiger partial charge in [-0.3, -0.25) is 4.72 Å². The molecule has 0 radical (unpaired) electrons. The third kappa shape index (κ3) is 3.41. The van der Waals surface area contributed by atoms with E-state index >= 15 is 0 Å². The van der Waals surface area contributed by atoms with Crippen LogP contribution in [0.4, 0.5) is 5.69 Å². The number of nitrogens with zero attached hydrogens (tertiary/aromatic N) is 1. The first-order chi connectivity index (χ1) is 8.15. The standard InChI is InChI=1S/C10H14Cl2N2O3S/c1-6(2)14(3)18(16,17)13-7-4-8(11)10(15)9(12)5-7/h4-6,13,15H,1-3H3. The number of phenolic OH excluding ortho intramolecular Hbond substituents is 1. The summed E-state index contributed by atoms with van der Waals surface area (Å²) in [4.78, 5) is 0. The molecule has 0 unspecified atom stereocenters. The summed E-state index contributed by atoms with van der Waals surface area (Å²) in [6.45, 7) is 3.49. The maximum atomic E-state index is 11.9. The summed E-state index contributed by atoms with van der Waals surface area (Å²) >= 11 is 11.4. The molecule has 0 aliphatic carbocycles. The van der Waals surface area contributed by atoms with Crippen LogP contribution in [-0.4, -0.2) is 30.9 Å². The number of halogens is 2. The first kappa shape index (κ1) is 15.4. The number of aromatic hydroxyl groups is 1. The Hall–Kier alpha value is -0.690. The molecule has 0 spiro atoms. The lowest BCUT2D eigenvalue weighted by Crippen LogP contribution is -2.37. The number of rotatable bonds is 4. The number of anilines is 1. The topological polar surface area (TPSA) is 69.6 Å². The Labute approximate surface area is 116 Å². The van der Waals surface area contributed by atoms with Crippen molar-refractivity contribution >= 4 is 39.1 Å². The van der Waals surface area contributed by atoms with Crippen LogP contribution < -0.4 is 4.72 Å². The fraction of sp³-hybridized carbons (Fsp3) is 0.400. The van der Waals surface area contributed by atoms with Gasteiger partial charge in [0.2, 0.25) is 0 Å². The van der Waals surface area contributed by atoms with Crippen molar-refractivity contribution in [2.45, 2.75) is 19.9 Å². The summed E-state index contributed by atoms with van der Waals surface area (Å²) in [7, 11) is -2.22. The Morgan fingerprint density at radius 2 is 1.72 bits per heavy atom. The predicted octanol–water partition coefficient (Wildman–Crippen LogP) is 2.70. The van der Waals surface area contributed by atoms with Gasteiger partial charge in [0.25, 0.3) is 0 Å². The van der Waals surface area contributed by atoms with Crippen molar-refractivity contribution in [2.75, 3.05) is 11.8 Å². The lowest BCUT2D eigenvalue weighted by molar-refractivity contribution is 0.414. The Morgan fingerprint density at radius 1 is 1.28 bits per heavy atom. The zero-order chi connectivity index (χ0) is 14.1. The van der Waals surface area contributed by atoms with Gasteiger partial charge < -0.3 is 5.11 Å². The number of phenols is 1. The number of nitrogens with one attached hydrogen (secondary N) is 1. The van der Waals surface area contributed by atoms with Gasteiger partial charge in [0.15, 0.2) is 5.75 Å². The molecule has 0 aliphatic heterocycles. The van der Waals surface area contributed by atoms with E-state index in [0.717, 1.165) is 0 Å². The van der Waals surface area contributed by atoms with E-state index in [-0.39, 0.29) is 27.5 Å². The molecule has 0 bridgehead atoms. The molecule has 5 nitrogen and oxygen atoms in total. The smallest absolute Gasteiger partial charge is 0.301 e. The van der Waals surface area contributed by atoms with E-state index in [1.54, 1.807) is 13.8 Å². The monoisotopic (exact) mass is 312 g/mol. The van der Waals surface area contributed by atoms with E-state index in [4.69, 9.17) is 23.2 Å². The molecule has 0 amide bonds. The van der Waals surface area contributed by atoms with Crippen molar-refractivity contribution < 1.29 is 13.5 Å². The molecule has 0 heterocycles. The summed E-state index contributed by atoms with van der Waals surface area (Å²) in [6.07, 6.45) is 0. The molecule has 8 heteroatoms. The van der Waals surface area contributed by atoms with Gasteiger partial charge in [0.1, 0.15) is 0 Å². The molecule has 2 N–H and O–H groups in total. The van der Waals surface area contributed by atoms with Crippen LogP contribution in [0.5, 0.6) is 5.75 Å². The van der Waals surface area contributed by atoms with Crippen LogP contribution in [-0.2, 0) is 10.2 Å². The van der Waals surface area contributed by atoms with Crippen LogP contribution in [0.25, 0.3) is 0 Å². The largest absolute Gasteiger partial charge is 0.505 e. The highest BCUT2D eigenvalue weighted by atomic mass is 35.5. The fourth-order valence-corrected chi connectivity index (χ4v) is 2.72. The molecule has 18 heavy (non-hydrogen) atoms. The van der Waals surface area contributed by atoms with Crippen molar-refractivity contribution in [3.63, 3.8) is 0 Å². The average Bonchev–Trinajstić information content (AvgIpc) is 2.23. The molecule has 0 fully saturated rings. The minimum atomic E-state index is -3.67. The molecule has 0 saturated heterocycles. The minimum absolute atomic E-state index is 0.0209. The van der Waals surface area contributed by atoms with E-state index in [1.807, 2.05) is 0 Å². The first-order valence-electron chi connectivity index (χ1n) is 5.09. The predicted molar refractivity (Wildman–Crippen MR) is 73.6 cm³/mol. The third-order valence-electron chi connectivity index (χ3n) is 2.37. The van der Waals surface area contributed by atoms with E-state index in [0.29, 0.717) is 0 Å². The summed E-state index contributed by atoms with van der Waals surface area (Å²) in [5.74, 6) is -0.279. The summed E-state index contributed by atoms with van der Waals surface area (Å²) < 4.78 is 27.3. The molecule has 0 atom stereocenters. The lowest BCUT2D eigenvalue weighted by atomic mass is 10.3. The highest BCUT2D eigenvalue weighted by molar-refractivity contribution is 7.90. The van der Waals surface area contributed by atoms with Crippen LogP contribution in [0.2, 0.25) is 10.0 Å². The van der Waals surface area contributed by atoms with Gasteiger partial charge in [0, 0.05) is 13.1 Å². The molecule has 0 aromatic heterocycles. The fourth-order valence-electron chi connectivity index (χ4n) is 1.12. The second-order valence-electron chi connectivity index (χ2n) is 4.01. The molecular formula is C10H14Cl2N2O3S. The molecule has 0 saturated carbocycles. The summed E-state index contributed by atoms with van der Waals surface area (Å²) in [5.41, 5.74) is 0.190. The van der Waals surface area contributed by atoms with Gasteiger partial charge in [-0.25, -0.2) is 0 Å². The van der Waals surface area contributed by atoms with E-state index < -0.39 is 10.2 Å². The number of benzene rings is 1. The normalized spacial score (nSPS) is 12.2. The molecule has 0 aliphatic rings. The Kier molecular flexibility index (Phi) is 4.72. The zero-order valence-electron chi connectivity index (χ0n) is 10.1. The van der Waals surface area contributed by atoms with Gasteiger partial charge in [-0.1, -0.05) is 23.2 Å². The van der Waals surface area contributed by atoms with Crippen molar-refractivity contribution in [3.05, 3.63) is 22.2 Å². The highest BCUT2D eigenvalue weighted by Gasteiger charge is 2.21. The van der Waals surface area contributed by atoms with Gasteiger partial charge in [-0.2, -0.15) is 12.7 Å². The maximum absolute atomic E-state index is 11.9. The highest BCUT2D eigenvalue weighted by Crippen LogP contribution is 2.35. The lowest BCUT2D eigenvalue weighted by Gasteiger charge is -2.21. The van der Waals surface area contributed by atoms with Crippen LogP contribution in [0.3, 0.4) is 0 Å². The number of hydrogen-bond acceptors (Lipinski definition) is 3. The second kappa shape index (κ2) is 5.52. The summed E-state index contributed by atoms with van der Waals surface area (Å²) in [5, 5.41) is 9.33. The Bertz CT molecular complexity index is 523. The van der Waals surface area contributed by atoms with Gasteiger partial charge in [0.05, 0.1) is 15.7 Å². The molecule has 102 valence electrons. The first-order valence-corrected chi connectivity index (χ1v) is 7.28. The molecular weight excluding hydrogens is 299 g/mol. The minimum Gasteiger partial charge on any atom is -0.505 e. The van der Waals surface area contributed by atoms with Gasteiger partial charge in [-0.15, -0.1) is 0 Å². The van der Waals surface area contributed by atoms with Crippen LogP contribution in [0, 0.1) is 0 Å². The van der Waals surface area contributed by atoms with Crippen LogP contribution in [0.1, 0.15) is 13.8 Å². The molecule has 1 rings (SSSR count). The van der Waals surface area contributed by atoms with Crippen molar-refractivity contribution in [1.82, 2.24) is 4.31 Å². The van der Waals surface area contributed by atoms with Crippen molar-refractivity contribution in [2.24, 2.45) is 0 Å². The van der Waals surface area contributed by atoms with Crippen LogP contribution >= 0.6 is 23.2 Å².